The Hall–Kier alpha value is -3.31. The SMILES string of the molecule is COc1cc(OCC(CN(C)C(=O)OC(C)(C)C)O[Si](C)(C)C(C)(C)C)cc(-c2cc(O)n3ncc(C(C)C)c3n2)c1. The van der Waals surface area contributed by atoms with E-state index in [1.165, 1.54) is 9.42 Å². The molecule has 0 radical (unpaired) electrons. The molecule has 0 aliphatic heterocycles. The van der Waals surface area contributed by atoms with E-state index in [0.29, 0.717) is 34.9 Å². The predicted molar refractivity (Wildman–Crippen MR) is 167 cm³/mol. The normalized spacial score (nSPS) is 13.4. The predicted octanol–water partition coefficient (Wildman–Crippen LogP) is 6.87. The van der Waals surface area contributed by atoms with Crippen molar-refractivity contribution in [3.8, 4) is 28.6 Å². The lowest BCUT2D eigenvalue weighted by Crippen LogP contribution is -2.49. The van der Waals surface area contributed by atoms with Gasteiger partial charge in [0.05, 0.1) is 31.6 Å². The minimum Gasteiger partial charge on any atom is -0.497 e. The van der Waals surface area contributed by atoms with Gasteiger partial charge in [-0.05, 0) is 57.0 Å². The Morgan fingerprint density at radius 3 is 2.29 bits per heavy atom. The van der Waals surface area contributed by atoms with Crippen LogP contribution in [-0.2, 0) is 9.16 Å². The van der Waals surface area contributed by atoms with Gasteiger partial charge in [-0.3, -0.25) is 0 Å². The zero-order chi connectivity index (χ0) is 31.6. The molecule has 1 amide bonds. The molecule has 1 unspecified atom stereocenters. The van der Waals surface area contributed by atoms with Crippen molar-refractivity contribution in [2.75, 3.05) is 27.3 Å². The number of ether oxygens (including phenoxy) is 3. The van der Waals surface area contributed by atoms with Crippen LogP contribution in [0.5, 0.6) is 17.4 Å². The second-order valence-electron chi connectivity index (χ2n) is 13.6. The zero-order valence-corrected chi connectivity index (χ0v) is 28.2. The van der Waals surface area contributed by atoms with Crippen molar-refractivity contribution in [3.63, 3.8) is 0 Å². The molecular weight excluding hydrogens is 552 g/mol. The number of carbonyl (C=O) groups is 1. The second-order valence-corrected chi connectivity index (χ2v) is 18.3. The average Bonchev–Trinajstić information content (AvgIpc) is 3.30. The Labute approximate surface area is 251 Å². The third-order valence-corrected chi connectivity index (χ3v) is 11.9. The van der Waals surface area contributed by atoms with Gasteiger partial charge < -0.3 is 28.6 Å². The summed E-state index contributed by atoms with van der Waals surface area (Å²) >= 11 is 0. The first-order valence-corrected chi connectivity index (χ1v) is 17.2. The number of likely N-dealkylation sites (N-methyl/N-ethyl adjacent to an activating group) is 1. The molecule has 0 aliphatic rings. The van der Waals surface area contributed by atoms with Gasteiger partial charge in [0.1, 0.15) is 23.7 Å². The van der Waals surface area contributed by atoms with E-state index in [9.17, 15) is 9.90 Å². The third-order valence-electron chi connectivity index (χ3n) is 7.40. The summed E-state index contributed by atoms with van der Waals surface area (Å²) in [6.07, 6.45) is 0.905. The number of aromatic nitrogens is 3. The Balaban J connectivity index is 1.92. The van der Waals surface area contributed by atoms with Crippen LogP contribution in [0.15, 0.2) is 30.5 Å². The van der Waals surface area contributed by atoms with Gasteiger partial charge in [0.25, 0.3) is 0 Å². The number of carbonyl (C=O) groups excluding carboxylic acids is 1. The van der Waals surface area contributed by atoms with Crippen molar-refractivity contribution in [1.82, 2.24) is 19.5 Å². The van der Waals surface area contributed by atoms with Crippen molar-refractivity contribution in [1.29, 1.82) is 0 Å². The molecule has 0 spiro atoms. The number of benzene rings is 1. The maximum atomic E-state index is 12.8. The van der Waals surface area contributed by atoms with E-state index in [2.05, 4.69) is 52.8 Å². The van der Waals surface area contributed by atoms with Crippen LogP contribution in [-0.4, -0.2) is 78.0 Å². The molecule has 0 saturated carbocycles. The van der Waals surface area contributed by atoms with Gasteiger partial charge in [0.2, 0.25) is 5.88 Å². The van der Waals surface area contributed by atoms with E-state index in [1.54, 1.807) is 32.5 Å². The molecule has 0 aliphatic carbocycles. The molecule has 0 fully saturated rings. The largest absolute Gasteiger partial charge is 0.497 e. The fourth-order valence-corrected chi connectivity index (χ4v) is 5.40. The summed E-state index contributed by atoms with van der Waals surface area (Å²) in [6.45, 7) is 21.0. The van der Waals surface area contributed by atoms with E-state index >= 15 is 0 Å². The van der Waals surface area contributed by atoms with Crippen molar-refractivity contribution < 1.29 is 28.5 Å². The number of hydrogen-bond acceptors (Lipinski definition) is 8. The molecule has 1 atom stereocenters. The minimum atomic E-state index is -2.21. The topological polar surface area (TPSA) is 108 Å². The molecule has 2 heterocycles. The van der Waals surface area contributed by atoms with E-state index in [1.807, 2.05) is 32.9 Å². The first kappa shape index (κ1) is 33.2. The van der Waals surface area contributed by atoms with Crippen molar-refractivity contribution >= 4 is 20.1 Å². The van der Waals surface area contributed by atoms with Crippen LogP contribution in [0.2, 0.25) is 18.1 Å². The summed E-state index contributed by atoms with van der Waals surface area (Å²) in [7, 11) is 1.09. The lowest BCUT2D eigenvalue weighted by Gasteiger charge is -2.40. The van der Waals surface area contributed by atoms with Crippen LogP contribution in [0.25, 0.3) is 16.9 Å². The standard InChI is InChI=1S/C31H48N4O6Si/c1-20(2)25-17-32-35-27(36)16-26(33-28(25)35)21-13-22(38-10)15-23(14-21)39-19-24(41-42(11,12)31(6,7)8)18-34(9)29(37)40-30(3,4)5/h13-17,20,24,36H,18-19H2,1-12H3. The summed E-state index contributed by atoms with van der Waals surface area (Å²) in [5.41, 5.74) is 2.20. The lowest BCUT2D eigenvalue weighted by atomic mass is 10.1. The van der Waals surface area contributed by atoms with E-state index < -0.39 is 26.1 Å². The van der Waals surface area contributed by atoms with Gasteiger partial charge in [0.15, 0.2) is 14.0 Å². The number of rotatable bonds is 10. The molecule has 10 nitrogen and oxygen atoms in total. The fraction of sp³-hybridized carbons (Fsp3) is 0.581. The van der Waals surface area contributed by atoms with Gasteiger partial charge in [-0.15, -0.1) is 0 Å². The highest BCUT2D eigenvalue weighted by atomic mass is 28.4. The molecule has 0 bridgehead atoms. The monoisotopic (exact) mass is 600 g/mol. The van der Waals surface area contributed by atoms with Gasteiger partial charge in [0, 0.05) is 30.3 Å². The first-order valence-electron chi connectivity index (χ1n) is 14.3. The zero-order valence-electron chi connectivity index (χ0n) is 27.2. The van der Waals surface area contributed by atoms with Crippen molar-refractivity contribution in [2.24, 2.45) is 0 Å². The number of fused-ring (bicyclic) bond motifs is 1. The Kier molecular flexibility index (Phi) is 9.88. The quantitative estimate of drug-likeness (QED) is 0.251. The summed E-state index contributed by atoms with van der Waals surface area (Å²) in [4.78, 5) is 19.1. The molecule has 0 saturated heterocycles. The van der Waals surface area contributed by atoms with Crippen LogP contribution in [0.4, 0.5) is 4.79 Å². The molecule has 1 aromatic carbocycles. The highest BCUT2D eigenvalue weighted by molar-refractivity contribution is 6.74. The molecule has 3 rings (SSSR count). The summed E-state index contributed by atoms with van der Waals surface area (Å²) in [5, 5.41) is 14.9. The second kappa shape index (κ2) is 12.5. The van der Waals surface area contributed by atoms with Gasteiger partial charge in [-0.2, -0.15) is 9.61 Å². The van der Waals surface area contributed by atoms with Crippen molar-refractivity contribution in [2.45, 2.75) is 91.1 Å². The van der Waals surface area contributed by atoms with Crippen molar-refractivity contribution in [3.05, 3.63) is 36.0 Å². The highest BCUT2D eigenvalue weighted by Crippen LogP contribution is 2.38. The molecule has 3 aromatic rings. The lowest BCUT2D eigenvalue weighted by molar-refractivity contribution is 0.0172. The third kappa shape index (κ3) is 8.16. The van der Waals surface area contributed by atoms with Crippen LogP contribution in [0.3, 0.4) is 0 Å². The van der Waals surface area contributed by atoms with E-state index in [4.69, 9.17) is 23.6 Å². The number of nitrogens with zero attached hydrogens (tertiary/aromatic N) is 4. The first-order chi connectivity index (χ1) is 19.3. The molecule has 2 aromatic heterocycles. The summed E-state index contributed by atoms with van der Waals surface area (Å²) in [5.74, 6) is 1.30. The highest BCUT2D eigenvalue weighted by Gasteiger charge is 2.40. The minimum absolute atomic E-state index is 0.0137. The smallest absolute Gasteiger partial charge is 0.410 e. The molecule has 42 heavy (non-hydrogen) atoms. The van der Waals surface area contributed by atoms with E-state index in [-0.39, 0.29) is 23.4 Å². The molecule has 11 heteroatoms. The van der Waals surface area contributed by atoms with E-state index in [0.717, 1.165) is 5.56 Å². The number of aromatic hydroxyl groups is 1. The molecule has 1 N–H and O–H groups in total. The Bertz CT molecular complexity index is 1390. The van der Waals surface area contributed by atoms with Gasteiger partial charge in [-0.1, -0.05) is 34.6 Å². The summed E-state index contributed by atoms with van der Waals surface area (Å²) in [6, 6.07) is 7.06. The Morgan fingerprint density at radius 1 is 1.07 bits per heavy atom. The Morgan fingerprint density at radius 2 is 1.71 bits per heavy atom. The fourth-order valence-electron chi connectivity index (χ4n) is 4.07. The molecule has 232 valence electrons. The van der Waals surface area contributed by atoms with Crippen LogP contribution >= 0.6 is 0 Å². The maximum absolute atomic E-state index is 12.8. The van der Waals surface area contributed by atoms with Gasteiger partial charge >= 0.3 is 6.09 Å². The van der Waals surface area contributed by atoms with Crippen LogP contribution < -0.4 is 9.47 Å². The number of hydrogen-bond donors (Lipinski definition) is 1. The number of methoxy groups -OCH3 is 1. The van der Waals surface area contributed by atoms with Crippen LogP contribution in [0.1, 0.15) is 66.9 Å². The summed E-state index contributed by atoms with van der Waals surface area (Å²) < 4.78 is 25.6. The molecular formula is C31H48N4O6Si. The number of amides is 1. The average molecular weight is 601 g/mol. The maximum Gasteiger partial charge on any atom is 0.410 e. The van der Waals surface area contributed by atoms with Crippen LogP contribution in [0, 0.1) is 0 Å². The van der Waals surface area contributed by atoms with Gasteiger partial charge in [-0.25, -0.2) is 9.78 Å².